The van der Waals surface area contributed by atoms with E-state index >= 15 is 0 Å². The molecular formula is C13H14N2O2S. The molecule has 1 atom stereocenters. The number of pyridine rings is 1. The number of aromatic nitrogens is 2. The topological polar surface area (TPSA) is 55.1 Å². The molecule has 5 heteroatoms. The summed E-state index contributed by atoms with van der Waals surface area (Å²) in [4.78, 5) is 16.3. The van der Waals surface area contributed by atoms with Crippen LogP contribution in [0.4, 0.5) is 0 Å². The zero-order valence-electron chi connectivity index (χ0n) is 10.1. The standard InChI is InChI=1S/C13H14N2O2S/c1-18-11-7-14-6-8-4-9-2-3-10(5-12(16)17)15(9)13(8)11/h4,6-7,10H,2-3,5H2,1H3,(H,16,17). The van der Waals surface area contributed by atoms with Crippen molar-refractivity contribution < 1.29 is 9.90 Å². The molecule has 0 amide bonds. The van der Waals surface area contributed by atoms with Crippen LogP contribution in [0.3, 0.4) is 0 Å². The van der Waals surface area contributed by atoms with Crippen LogP contribution in [-0.4, -0.2) is 26.9 Å². The third kappa shape index (κ3) is 1.70. The lowest BCUT2D eigenvalue weighted by molar-refractivity contribution is -0.137. The molecule has 0 fully saturated rings. The zero-order valence-corrected chi connectivity index (χ0v) is 10.9. The van der Waals surface area contributed by atoms with Crippen molar-refractivity contribution in [2.45, 2.75) is 30.2 Å². The number of rotatable bonds is 3. The number of aryl methyl sites for hydroxylation is 1. The fourth-order valence-electron chi connectivity index (χ4n) is 2.80. The Balaban J connectivity index is 2.18. The second-order valence-corrected chi connectivity index (χ2v) is 5.42. The van der Waals surface area contributed by atoms with Gasteiger partial charge in [0.25, 0.3) is 0 Å². The second kappa shape index (κ2) is 4.31. The van der Waals surface area contributed by atoms with Gasteiger partial charge in [0.15, 0.2) is 0 Å². The van der Waals surface area contributed by atoms with E-state index in [1.54, 1.807) is 11.8 Å². The lowest BCUT2D eigenvalue weighted by atomic mass is 10.1. The number of nitrogens with zero attached hydrogens (tertiary/aromatic N) is 2. The summed E-state index contributed by atoms with van der Waals surface area (Å²) in [6.07, 6.45) is 7.83. The summed E-state index contributed by atoms with van der Waals surface area (Å²) in [5, 5.41) is 10.1. The number of carboxylic acid groups (broad SMARTS) is 1. The maximum Gasteiger partial charge on any atom is 0.305 e. The van der Waals surface area contributed by atoms with Crippen LogP contribution in [0.25, 0.3) is 10.9 Å². The Labute approximate surface area is 109 Å². The molecule has 18 heavy (non-hydrogen) atoms. The summed E-state index contributed by atoms with van der Waals surface area (Å²) in [7, 11) is 0. The summed E-state index contributed by atoms with van der Waals surface area (Å²) in [6.45, 7) is 0. The third-order valence-corrected chi connectivity index (χ3v) is 4.25. The van der Waals surface area contributed by atoms with Crippen LogP contribution in [0.15, 0.2) is 23.4 Å². The van der Waals surface area contributed by atoms with Crippen LogP contribution in [0.2, 0.25) is 0 Å². The molecular weight excluding hydrogens is 248 g/mol. The van der Waals surface area contributed by atoms with E-state index in [2.05, 4.69) is 15.6 Å². The number of aliphatic carboxylic acids is 1. The number of carbonyl (C=O) groups is 1. The summed E-state index contributed by atoms with van der Waals surface area (Å²) in [6, 6.07) is 2.23. The normalized spacial score (nSPS) is 18.2. The molecule has 0 saturated carbocycles. The average molecular weight is 262 g/mol. The fourth-order valence-corrected chi connectivity index (χ4v) is 3.38. The van der Waals surface area contributed by atoms with Gasteiger partial charge in [-0.3, -0.25) is 9.78 Å². The molecule has 0 bridgehead atoms. The van der Waals surface area contributed by atoms with E-state index in [-0.39, 0.29) is 12.5 Å². The summed E-state index contributed by atoms with van der Waals surface area (Å²) >= 11 is 1.66. The molecule has 2 aromatic rings. The molecule has 0 spiro atoms. The van der Waals surface area contributed by atoms with Crippen molar-refractivity contribution in [1.82, 2.24) is 9.55 Å². The van der Waals surface area contributed by atoms with Crippen molar-refractivity contribution in [3.63, 3.8) is 0 Å². The number of hydrogen-bond acceptors (Lipinski definition) is 3. The van der Waals surface area contributed by atoms with E-state index in [0.717, 1.165) is 28.6 Å². The number of hydrogen-bond donors (Lipinski definition) is 1. The van der Waals surface area contributed by atoms with Crippen LogP contribution in [0, 0.1) is 0 Å². The predicted molar refractivity (Wildman–Crippen MR) is 71.1 cm³/mol. The summed E-state index contributed by atoms with van der Waals surface area (Å²) in [5.41, 5.74) is 2.39. The molecule has 1 aliphatic rings. The van der Waals surface area contributed by atoms with Crippen molar-refractivity contribution in [2.75, 3.05) is 6.26 Å². The number of fused-ring (bicyclic) bond motifs is 3. The van der Waals surface area contributed by atoms with Crippen molar-refractivity contribution >= 4 is 28.6 Å². The van der Waals surface area contributed by atoms with Crippen molar-refractivity contribution in [3.05, 3.63) is 24.2 Å². The van der Waals surface area contributed by atoms with E-state index in [1.165, 1.54) is 5.69 Å². The smallest absolute Gasteiger partial charge is 0.305 e. The maximum atomic E-state index is 10.9. The Morgan fingerprint density at radius 3 is 3.17 bits per heavy atom. The SMILES string of the molecule is CSc1cncc2cc3n(c12)C(CC(=O)O)CC3. The Hall–Kier alpha value is -1.49. The molecule has 3 heterocycles. The third-order valence-electron chi connectivity index (χ3n) is 3.51. The van der Waals surface area contributed by atoms with Gasteiger partial charge in [0.2, 0.25) is 0 Å². The molecule has 3 rings (SSSR count). The van der Waals surface area contributed by atoms with Gasteiger partial charge in [-0.25, -0.2) is 0 Å². The maximum absolute atomic E-state index is 10.9. The fraction of sp³-hybridized carbons (Fsp3) is 0.385. The first-order valence-corrected chi connectivity index (χ1v) is 7.16. The Morgan fingerprint density at radius 1 is 1.61 bits per heavy atom. The van der Waals surface area contributed by atoms with Gasteiger partial charge in [-0.05, 0) is 25.2 Å². The quantitative estimate of drug-likeness (QED) is 0.864. The average Bonchev–Trinajstić information content (AvgIpc) is 2.88. The minimum Gasteiger partial charge on any atom is -0.481 e. The van der Waals surface area contributed by atoms with Gasteiger partial charge >= 0.3 is 5.97 Å². The van der Waals surface area contributed by atoms with Gasteiger partial charge in [-0.2, -0.15) is 0 Å². The molecule has 1 aliphatic heterocycles. The molecule has 1 N–H and O–H groups in total. The van der Waals surface area contributed by atoms with Crippen LogP contribution in [-0.2, 0) is 11.2 Å². The van der Waals surface area contributed by atoms with E-state index in [1.807, 2.05) is 18.6 Å². The van der Waals surface area contributed by atoms with Gasteiger partial charge in [0.05, 0.1) is 11.9 Å². The minimum absolute atomic E-state index is 0.0864. The van der Waals surface area contributed by atoms with Crippen molar-refractivity contribution in [2.24, 2.45) is 0 Å². The summed E-state index contributed by atoms with van der Waals surface area (Å²) in [5.74, 6) is -0.727. The first-order valence-electron chi connectivity index (χ1n) is 5.94. The second-order valence-electron chi connectivity index (χ2n) is 4.58. The van der Waals surface area contributed by atoms with Crippen LogP contribution >= 0.6 is 11.8 Å². The molecule has 4 nitrogen and oxygen atoms in total. The number of thioether (sulfide) groups is 1. The Kier molecular flexibility index (Phi) is 2.78. The number of carboxylic acids is 1. The molecule has 0 aromatic carbocycles. The van der Waals surface area contributed by atoms with Gasteiger partial charge in [0.1, 0.15) is 0 Å². The van der Waals surface area contributed by atoms with E-state index in [9.17, 15) is 4.79 Å². The molecule has 1 unspecified atom stereocenters. The first-order chi connectivity index (χ1) is 8.70. The van der Waals surface area contributed by atoms with Gasteiger partial charge < -0.3 is 9.67 Å². The zero-order chi connectivity index (χ0) is 12.7. The highest BCUT2D eigenvalue weighted by atomic mass is 32.2. The van der Waals surface area contributed by atoms with Gasteiger partial charge in [-0.15, -0.1) is 11.8 Å². The lowest BCUT2D eigenvalue weighted by Gasteiger charge is -2.14. The molecule has 94 valence electrons. The van der Waals surface area contributed by atoms with Crippen LogP contribution in [0.1, 0.15) is 24.6 Å². The molecule has 0 aliphatic carbocycles. The van der Waals surface area contributed by atoms with Crippen LogP contribution < -0.4 is 0 Å². The Bertz CT molecular complexity index is 621. The van der Waals surface area contributed by atoms with E-state index in [0.29, 0.717) is 0 Å². The summed E-state index contributed by atoms with van der Waals surface area (Å²) < 4.78 is 2.21. The highest BCUT2D eigenvalue weighted by Crippen LogP contribution is 2.38. The molecule has 0 radical (unpaired) electrons. The lowest BCUT2D eigenvalue weighted by Crippen LogP contribution is -2.09. The molecule has 2 aromatic heterocycles. The first kappa shape index (κ1) is 11.6. The van der Waals surface area contributed by atoms with E-state index in [4.69, 9.17) is 5.11 Å². The van der Waals surface area contributed by atoms with Crippen molar-refractivity contribution in [1.29, 1.82) is 0 Å². The van der Waals surface area contributed by atoms with Crippen LogP contribution in [0.5, 0.6) is 0 Å². The van der Waals surface area contributed by atoms with Gasteiger partial charge in [-0.1, -0.05) is 0 Å². The van der Waals surface area contributed by atoms with Gasteiger partial charge in [0, 0.05) is 34.4 Å². The highest BCUT2D eigenvalue weighted by Gasteiger charge is 2.27. The minimum atomic E-state index is -0.727. The molecule has 0 saturated heterocycles. The Morgan fingerprint density at radius 2 is 2.44 bits per heavy atom. The highest BCUT2D eigenvalue weighted by molar-refractivity contribution is 7.98. The van der Waals surface area contributed by atoms with E-state index < -0.39 is 5.97 Å². The largest absolute Gasteiger partial charge is 0.481 e. The predicted octanol–water partition coefficient (Wildman–Crippen LogP) is 2.72. The monoisotopic (exact) mass is 262 g/mol. The van der Waals surface area contributed by atoms with Crippen molar-refractivity contribution in [3.8, 4) is 0 Å².